The number of para-hydroxylation sites is 2. The van der Waals surface area contributed by atoms with Crippen molar-refractivity contribution < 1.29 is 4.42 Å². The molecular weight excluding hydrogens is 611 g/mol. The van der Waals surface area contributed by atoms with E-state index in [9.17, 15) is 0 Å². The van der Waals surface area contributed by atoms with Crippen LogP contribution < -0.4 is 0 Å². The van der Waals surface area contributed by atoms with E-state index in [4.69, 9.17) is 14.4 Å². The van der Waals surface area contributed by atoms with Crippen LogP contribution >= 0.6 is 0 Å². The molecule has 0 saturated carbocycles. The Morgan fingerprint density at radius 1 is 0.540 bits per heavy atom. The predicted molar refractivity (Wildman–Crippen MR) is 204 cm³/mol. The summed E-state index contributed by atoms with van der Waals surface area (Å²) in [6, 6.07) is 55.4. The Bertz CT molecular complexity index is 2670. The Morgan fingerprint density at radius 2 is 1.22 bits per heavy atom. The second kappa shape index (κ2) is 11.6. The van der Waals surface area contributed by atoms with Crippen molar-refractivity contribution in [3.8, 4) is 39.5 Å². The van der Waals surface area contributed by atoms with Crippen LogP contribution in [0.2, 0.25) is 0 Å². The molecule has 9 aromatic rings. The summed E-state index contributed by atoms with van der Waals surface area (Å²) in [7, 11) is 0. The predicted octanol–water partition coefficient (Wildman–Crippen LogP) is 11.9. The zero-order valence-corrected chi connectivity index (χ0v) is 27.2. The summed E-state index contributed by atoms with van der Waals surface area (Å²) < 4.78 is 9.26. The number of hydrogen-bond acceptors (Lipinski definition) is 3. The van der Waals surface area contributed by atoms with Gasteiger partial charge in [-0.3, -0.25) is 0 Å². The summed E-state index contributed by atoms with van der Waals surface area (Å²) in [6.07, 6.45) is 5.17. The molecule has 50 heavy (non-hydrogen) atoms. The molecule has 0 bridgehead atoms. The second-order valence-electron chi connectivity index (χ2n) is 12.9. The summed E-state index contributed by atoms with van der Waals surface area (Å²) in [5, 5.41) is 3.54. The molecule has 0 fully saturated rings. The van der Waals surface area contributed by atoms with Crippen molar-refractivity contribution in [2.75, 3.05) is 0 Å². The van der Waals surface area contributed by atoms with Crippen LogP contribution in [-0.4, -0.2) is 14.5 Å². The zero-order valence-electron chi connectivity index (χ0n) is 27.2. The third-order valence-corrected chi connectivity index (χ3v) is 9.98. The van der Waals surface area contributed by atoms with Gasteiger partial charge < -0.3 is 8.98 Å². The van der Waals surface area contributed by atoms with Crippen LogP contribution in [0.25, 0.3) is 78.3 Å². The van der Waals surface area contributed by atoms with Gasteiger partial charge in [-0.25, -0.2) is 9.97 Å². The first-order valence-corrected chi connectivity index (χ1v) is 17.1. The van der Waals surface area contributed by atoms with E-state index in [2.05, 4.69) is 150 Å². The minimum Gasteiger partial charge on any atom is -0.454 e. The first kappa shape index (κ1) is 28.5. The van der Waals surface area contributed by atoms with Crippen molar-refractivity contribution in [3.05, 3.63) is 181 Å². The van der Waals surface area contributed by atoms with Gasteiger partial charge in [-0.05, 0) is 47.9 Å². The van der Waals surface area contributed by atoms with Crippen molar-refractivity contribution in [2.24, 2.45) is 0 Å². The molecular formula is C46H31N3O. The lowest BCUT2D eigenvalue weighted by Gasteiger charge is -2.20. The van der Waals surface area contributed by atoms with Gasteiger partial charge in [0.05, 0.1) is 28.1 Å². The average molecular weight is 642 g/mol. The minimum atomic E-state index is 0.00209. The standard InChI is InChI=1S/C46H31N3O/c1-4-14-30(15-5-1)33-26-27-35-34-20-10-11-23-40(34)49(42(35)28-33)41-24-12-22-37-44-36(21-13-25-43(44)50-45(37)41)39-29-38(31-16-6-2-7-17-31)47-46(48-39)32-18-8-3-9-19-32/h1-20,22-29,36H,21H2. The van der Waals surface area contributed by atoms with Gasteiger partial charge in [0.15, 0.2) is 11.4 Å². The highest BCUT2D eigenvalue weighted by atomic mass is 16.3. The summed E-state index contributed by atoms with van der Waals surface area (Å²) in [5.41, 5.74) is 11.7. The molecule has 3 heterocycles. The third kappa shape index (κ3) is 4.61. The lowest BCUT2D eigenvalue weighted by molar-refractivity contribution is 0.587. The van der Waals surface area contributed by atoms with E-state index in [0.717, 1.165) is 68.2 Å². The minimum absolute atomic E-state index is 0.00209. The van der Waals surface area contributed by atoms with E-state index >= 15 is 0 Å². The maximum atomic E-state index is 6.89. The number of hydrogen-bond donors (Lipinski definition) is 0. The molecule has 1 aliphatic rings. The molecule has 3 aromatic heterocycles. The third-order valence-electron chi connectivity index (χ3n) is 9.98. The molecule has 1 unspecified atom stereocenters. The summed E-state index contributed by atoms with van der Waals surface area (Å²) in [6.45, 7) is 0. The van der Waals surface area contributed by atoms with Gasteiger partial charge in [0.25, 0.3) is 0 Å². The van der Waals surface area contributed by atoms with E-state index in [-0.39, 0.29) is 5.92 Å². The van der Waals surface area contributed by atoms with Gasteiger partial charge >= 0.3 is 0 Å². The highest BCUT2D eigenvalue weighted by molar-refractivity contribution is 6.11. The molecule has 0 amide bonds. The monoisotopic (exact) mass is 641 g/mol. The first-order chi connectivity index (χ1) is 24.8. The number of aromatic nitrogens is 3. The normalized spacial score (nSPS) is 14.0. The van der Waals surface area contributed by atoms with E-state index in [1.54, 1.807) is 0 Å². The Labute approximate surface area is 289 Å². The van der Waals surface area contributed by atoms with Crippen molar-refractivity contribution in [1.82, 2.24) is 14.5 Å². The van der Waals surface area contributed by atoms with E-state index in [1.807, 2.05) is 24.3 Å². The highest BCUT2D eigenvalue weighted by Gasteiger charge is 2.29. The number of furan rings is 1. The Kier molecular flexibility index (Phi) is 6.59. The molecule has 4 heteroatoms. The molecule has 1 aliphatic carbocycles. The molecule has 236 valence electrons. The summed E-state index contributed by atoms with van der Waals surface area (Å²) in [5.74, 6) is 1.61. The largest absolute Gasteiger partial charge is 0.454 e. The summed E-state index contributed by atoms with van der Waals surface area (Å²) in [4.78, 5) is 10.3. The smallest absolute Gasteiger partial charge is 0.160 e. The number of allylic oxidation sites excluding steroid dienone is 1. The summed E-state index contributed by atoms with van der Waals surface area (Å²) >= 11 is 0. The van der Waals surface area contributed by atoms with Crippen LogP contribution in [0.5, 0.6) is 0 Å². The Morgan fingerprint density at radius 3 is 2.02 bits per heavy atom. The van der Waals surface area contributed by atoms with Gasteiger partial charge in [0.1, 0.15) is 5.76 Å². The van der Waals surface area contributed by atoms with E-state index in [0.29, 0.717) is 0 Å². The topological polar surface area (TPSA) is 43.9 Å². The van der Waals surface area contributed by atoms with Crippen molar-refractivity contribution in [3.63, 3.8) is 0 Å². The Balaban J connectivity index is 1.19. The maximum Gasteiger partial charge on any atom is 0.160 e. The first-order valence-electron chi connectivity index (χ1n) is 17.1. The van der Waals surface area contributed by atoms with Crippen molar-refractivity contribution in [2.45, 2.75) is 12.3 Å². The zero-order chi connectivity index (χ0) is 33.0. The van der Waals surface area contributed by atoms with E-state index < -0.39 is 0 Å². The molecule has 0 N–H and O–H groups in total. The molecule has 4 nitrogen and oxygen atoms in total. The second-order valence-corrected chi connectivity index (χ2v) is 12.9. The van der Waals surface area contributed by atoms with Crippen LogP contribution in [0, 0.1) is 0 Å². The molecule has 0 radical (unpaired) electrons. The fraction of sp³-hybridized carbons (Fsp3) is 0.0435. The van der Waals surface area contributed by atoms with Crippen LogP contribution in [0.3, 0.4) is 0 Å². The average Bonchev–Trinajstić information content (AvgIpc) is 3.74. The van der Waals surface area contributed by atoms with Gasteiger partial charge in [-0.15, -0.1) is 0 Å². The molecule has 0 saturated heterocycles. The van der Waals surface area contributed by atoms with Gasteiger partial charge in [0.2, 0.25) is 0 Å². The lowest BCUT2D eigenvalue weighted by atomic mass is 9.86. The van der Waals surface area contributed by atoms with Crippen LogP contribution in [0.15, 0.2) is 168 Å². The fourth-order valence-corrected chi connectivity index (χ4v) is 7.66. The maximum absolute atomic E-state index is 6.89. The van der Waals surface area contributed by atoms with Gasteiger partial charge in [0, 0.05) is 38.8 Å². The molecule has 1 atom stereocenters. The quantitative estimate of drug-likeness (QED) is 0.188. The van der Waals surface area contributed by atoms with Gasteiger partial charge in [-0.1, -0.05) is 140 Å². The molecule has 0 aliphatic heterocycles. The molecule has 6 aromatic carbocycles. The van der Waals surface area contributed by atoms with Crippen LogP contribution in [0.4, 0.5) is 0 Å². The van der Waals surface area contributed by atoms with Crippen molar-refractivity contribution in [1.29, 1.82) is 0 Å². The SMILES string of the molecule is C1=Cc2oc3c(-n4c5ccccc5c5ccc(-c6ccccc6)cc54)cccc3c2C(c2cc(-c3ccccc3)nc(-c3ccccc3)n2)C1. The number of rotatable bonds is 5. The van der Waals surface area contributed by atoms with Crippen molar-refractivity contribution >= 4 is 38.9 Å². The number of benzene rings is 6. The number of fused-ring (bicyclic) bond motifs is 6. The lowest BCUT2D eigenvalue weighted by Crippen LogP contribution is -2.08. The molecule has 10 rings (SSSR count). The Hall–Kier alpha value is -6.52. The number of nitrogens with zero attached hydrogens (tertiary/aromatic N) is 3. The van der Waals surface area contributed by atoms with E-state index in [1.165, 1.54) is 27.5 Å². The molecule has 0 spiro atoms. The van der Waals surface area contributed by atoms with Crippen LogP contribution in [-0.2, 0) is 0 Å². The van der Waals surface area contributed by atoms with Gasteiger partial charge in [-0.2, -0.15) is 0 Å². The van der Waals surface area contributed by atoms with Crippen LogP contribution in [0.1, 0.15) is 29.4 Å². The highest BCUT2D eigenvalue weighted by Crippen LogP contribution is 2.45. The fourth-order valence-electron chi connectivity index (χ4n) is 7.66.